The van der Waals surface area contributed by atoms with Crippen LogP contribution in [0.4, 0.5) is 0 Å². The summed E-state index contributed by atoms with van der Waals surface area (Å²) in [6.45, 7) is 5.72. The summed E-state index contributed by atoms with van der Waals surface area (Å²) in [7, 11) is 0. The molecule has 0 aromatic heterocycles. The largest absolute Gasteiger partial charge is 0.339 e. The fraction of sp³-hybridized carbons (Fsp3) is 0.111. The van der Waals surface area contributed by atoms with Gasteiger partial charge in [0.1, 0.15) is 0 Å². The maximum Gasteiger partial charge on any atom is 0.293 e. The van der Waals surface area contributed by atoms with E-state index in [2.05, 4.69) is 11.9 Å². The van der Waals surface area contributed by atoms with Gasteiger partial charge >= 0.3 is 0 Å². The number of hydrogen-bond acceptors (Lipinski definition) is 2. The number of benzene rings is 2. The third kappa shape index (κ3) is 3.66. The summed E-state index contributed by atoms with van der Waals surface area (Å²) >= 11 is 0. The molecule has 1 amide bonds. The first-order valence-electron chi connectivity index (χ1n) is 6.70. The van der Waals surface area contributed by atoms with Crippen LogP contribution in [-0.4, -0.2) is 11.7 Å². The molecule has 0 radical (unpaired) electrons. The van der Waals surface area contributed by atoms with Crippen LogP contribution in [0.5, 0.6) is 0 Å². The van der Waals surface area contributed by atoms with E-state index in [1.807, 2.05) is 37.3 Å². The van der Waals surface area contributed by atoms with Crippen molar-refractivity contribution in [3.8, 4) is 0 Å². The van der Waals surface area contributed by atoms with Crippen molar-refractivity contribution < 1.29 is 9.59 Å². The molecule has 3 heteroatoms. The summed E-state index contributed by atoms with van der Waals surface area (Å²) in [6.07, 6.45) is 0. The number of rotatable bonds is 5. The van der Waals surface area contributed by atoms with E-state index in [0.717, 1.165) is 11.1 Å². The Morgan fingerprint density at radius 1 is 0.952 bits per heavy atom. The number of carbonyl (C=O) groups excluding carboxylic acids is 2. The molecule has 106 valence electrons. The van der Waals surface area contributed by atoms with E-state index < -0.39 is 11.7 Å². The van der Waals surface area contributed by atoms with E-state index >= 15 is 0 Å². The zero-order chi connectivity index (χ0) is 15.2. The highest BCUT2D eigenvalue weighted by Crippen LogP contribution is 2.19. The molecule has 0 unspecified atom stereocenters. The van der Waals surface area contributed by atoms with Crippen LogP contribution < -0.4 is 5.32 Å². The number of ketones is 1. The van der Waals surface area contributed by atoms with E-state index in [1.165, 1.54) is 0 Å². The minimum atomic E-state index is -0.627. The van der Waals surface area contributed by atoms with Gasteiger partial charge < -0.3 is 5.32 Å². The minimum absolute atomic E-state index is 0.369. The molecule has 0 saturated carbocycles. The molecule has 0 fully saturated rings. The van der Waals surface area contributed by atoms with E-state index in [-0.39, 0.29) is 6.04 Å². The van der Waals surface area contributed by atoms with Crippen molar-refractivity contribution >= 4 is 11.7 Å². The fourth-order valence-corrected chi connectivity index (χ4v) is 2.05. The van der Waals surface area contributed by atoms with Gasteiger partial charge in [0, 0.05) is 5.56 Å². The van der Waals surface area contributed by atoms with Gasteiger partial charge in [0.15, 0.2) is 0 Å². The quantitative estimate of drug-likeness (QED) is 0.518. The van der Waals surface area contributed by atoms with Crippen LogP contribution >= 0.6 is 0 Å². The van der Waals surface area contributed by atoms with Crippen LogP contribution in [0.3, 0.4) is 0 Å². The first kappa shape index (κ1) is 14.7. The Hall–Kier alpha value is -2.68. The standard InChI is InChI=1S/C18H17NO2/c1-13(2)16(14-9-5-3-6-10-14)19-18(21)17(20)15-11-7-4-8-12-15/h3-12,16H,1H2,2H3,(H,19,21)/t16-/m0/s1. The Bertz CT molecular complexity index is 647. The molecule has 0 aliphatic rings. The lowest BCUT2D eigenvalue weighted by atomic mass is 10.0. The maximum atomic E-state index is 12.1. The number of carbonyl (C=O) groups is 2. The predicted octanol–water partition coefficient (Wildman–Crippen LogP) is 3.30. The number of hydrogen-bond donors (Lipinski definition) is 1. The van der Waals surface area contributed by atoms with Crippen LogP contribution in [0.1, 0.15) is 28.9 Å². The van der Waals surface area contributed by atoms with E-state index in [0.29, 0.717) is 5.56 Å². The minimum Gasteiger partial charge on any atom is -0.339 e. The molecule has 0 bridgehead atoms. The summed E-state index contributed by atoms with van der Waals surface area (Å²) in [6, 6.07) is 17.6. The molecule has 2 aromatic rings. The highest BCUT2D eigenvalue weighted by Gasteiger charge is 2.21. The van der Waals surface area contributed by atoms with Gasteiger partial charge in [0.05, 0.1) is 6.04 Å². The first-order chi connectivity index (χ1) is 10.1. The molecule has 0 saturated heterocycles. The molecule has 0 aliphatic carbocycles. The van der Waals surface area contributed by atoms with Gasteiger partial charge in [-0.15, -0.1) is 0 Å². The molecule has 3 nitrogen and oxygen atoms in total. The molecule has 1 N–H and O–H groups in total. The molecule has 21 heavy (non-hydrogen) atoms. The molecule has 2 rings (SSSR count). The third-order valence-electron chi connectivity index (χ3n) is 3.14. The van der Waals surface area contributed by atoms with Crippen molar-refractivity contribution in [2.75, 3.05) is 0 Å². The van der Waals surface area contributed by atoms with Gasteiger partial charge in [-0.1, -0.05) is 72.8 Å². The van der Waals surface area contributed by atoms with E-state index in [4.69, 9.17) is 0 Å². The Morgan fingerprint density at radius 3 is 2.00 bits per heavy atom. The van der Waals surface area contributed by atoms with Gasteiger partial charge in [-0.2, -0.15) is 0 Å². The first-order valence-corrected chi connectivity index (χ1v) is 6.70. The van der Waals surface area contributed by atoms with Gasteiger partial charge in [-0.25, -0.2) is 0 Å². The van der Waals surface area contributed by atoms with Crippen molar-refractivity contribution in [1.29, 1.82) is 0 Å². The Morgan fingerprint density at radius 2 is 1.48 bits per heavy atom. The van der Waals surface area contributed by atoms with Gasteiger partial charge in [-0.05, 0) is 12.5 Å². The normalized spacial score (nSPS) is 11.5. The second kappa shape index (κ2) is 6.66. The second-order valence-electron chi connectivity index (χ2n) is 4.86. The zero-order valence-corrected chi connectivity index (χ0v) is 11.9. The number of amides is 1. The molecule has 2 aromatic carbocycles. The van der Waals surface area contributed by atoms with Crippen molar-refractivity contribution in [2.45, 2.75) is 13.0 Å². The number of nitrogens with one attached hydrogen (secondary N) is 1. The fourth-order valence-electron chi connectivity index (χ4n) is 2.05. The molecular formula is C18H17NO2. The van der Waals surface area contributed by atoms with Crippen molar-refractivity contribution in [1.82, 2.24) is 5.32 Å². The van der Waals surface area contributed by atoms with Crippen molar-refractivity contribution in [3.05, 3.63) is 83.9 Å². The Kier molecular flexibility index (Phi) is 4.67. The highest BCUT2D eigenvalue weighted by molar-refractivity contribution is 6.42. The average molecular weight is 279 g/mol. The molecule has 0 heterocycles. The van der Waals surface area contributed by atoms with Gasteiger partial charge in [-0.3, -0.25) is 9.59 Å². The average Bonchev–Trinajstić information content (AvgIpc) is 2.53. The highest BCUT2D eigenvalue weighted by atomic mass is 16.2. The lowest BCUT2D eigenvalue weighted by Gasteiger charge is -2.19. The topological polar surface area (TPSA) is 46.2 Å². The molecule has 1 atom stereocenters. The van der Waals surface area contributed by atoms with E-state index in [1.54, 1.807) is 30.3 Å². The van der Waals surface area contributed by atoms with Crippen LogP contribution in [0.25, 0.3) is 0 Å². The second-order valence-corrected chi connectivity index (χ2v) is 4.86. The monoisotopic (exact) mass is 279 g/mol. The maximum absolute atomic E-state index is 12.1. The van der Waals surface area contributed by atoms with E-state index in [9.17, 15) is 9.59 Å². The number of Topliss-reactive ketones (excluding diaryl/α,β-unsaturated/α-hetero) is 1. The summed E-state index contributed by atoms with van der Waals surface area (Å²) in [5, 5.41) is 2.74. The molecule has 0 spiro atoms. The Labute approximate surface area is 124 Å². The predicted molar refractivity (Wildman–Crippen MR) is 82.9 cm³/mol. The summed E-state index contributed by atoms with van der Waals surface area (Å²) in [5.41, 5.74) is 2.05. The lowest BCUT2D eigenvalue weighted by molar-refractivity contribution is -0.117. The van der Waals surface area contributed by atoms with Crippen molar-refractivity contribution in [3.63, 3.8) is 0 Å². The summed E-state index contributed by atoms with van der Waals surface area (Å²) in [4.78, 5) is 24.2. The molecule has 0 aliphatic heterocycles. The SMILES string of the molecule is C=C(C)[C@H](NC(=O)C(=O)c1ccccc1)c1ccccc1. The Balaban J connectivity index is 2.16. The van der Waals surface area contributed by atoms with Gasteiger partial charge in [0.2, 0.25) is 5.78 Å². The summed E-state index contributed by atoms with van der Waals surface area (Å²) < 4.78 is 0. The lowest BCUT2D eigenvalue weighted by Crippen LogP contribution is -2.34. The van der Waals surface area contributed by atoms with Crippen molar-refractivity contribution in [2.24, 2.45) is 0 Å². The smallest absolute Gasteiger partial charge is 0.293 e. The zero-order valence-electron chi connectivity index (χ0n) is 11.9. The summed E-state index contributed by atoms with van der Waals surface area (Å²) in [5.74, 6) is -1.17. The third-order valence-corrected chi connectivity index (χ3v) is 3.14. The molecular weight excluding hydrogens is 262 g/mol. The van der Waals surface area contributed by atoms with Crippen LogP contribution in [0, 0.1) is 0 Å². The van der Waals surface area contributed by atoms with Crippen LogP contribution in [0.2, 0.25) is 0 Å². The van der Waals surface area contributed by atoms with Crippen LogP contribution in [0.15, 0.2) is 72.8 Å². The van der Waals surface area contributed by atoms with Crippen LogP contribution in [-0.2, 0) is 4.79 Å². The van der Waals surface area contributed by atoms with Gasteiger partial charge in [0.25, 0.3) is 5.91 Å².